The summed E-state index contributed by atoms with van der Waals surface area (Å²) in [5.41, 5.74) is 1.23. The number of ether oxygens (including phenoxy) is 2. The molecule has 0 heterocycles. The highest BCUT2D eigenvalue weighted by atomic mass is 28.4. The predicted octanol–water partition coefficient (Wildman–Crippen LogP) is 4.13. The maximum atomic E-state index is 12.2. The number of rotatable bonds is 9. The number of fused-ring (bicyclic) bond motifs is 1. The fourth-order valence-corrected chi connectivity index (χ4v) is 10.3. The lowest BCUT2D eigenvalue weighted by atomic mass is 9.93. The van der Waals surface area contributed by atoms with Crippen molar-refractivity contribution in [1.82, 2.24) is 0 Å². The summed E-state index contributed by atoms with van der Waals surface area (Å²) in [4.78, 5) is 12.2. The van der Waals surface area contributed by atoms with Gasteiger partial charge in [0.2, 0.25) is 0 Å². The number of allylic oxidation sites excluding steroid dienone is 1. The van der Waals surface area contributed by atoms with Crippen molar-refractivity contribution in [3.8, 4) is 0 Å². The standard InChI is InChI=1S/C28H36O4Si/c1-28(2,3)33(23-11-7-5-8-12-23,24-13-9-6-10-14-24)32-20-26-25-19-22(29)17-21(25)18-27(26)31-16-15-30-4/h5-14,17,25-27H,15-16,18-20H2,1-4H3/t25-,26+,27+/m0/s1. The van der Waals surface area contributed by atoms with Crippen LogP contribution in [0.1, 0.15) is 33.6 Å². The second-order valence-corrected chi connectivity index (χ2v) is 14.5. The summed E-state index contributed by atoms with van der Waals surface area (Å²) in [6.45, 7) is 8.60. The van der Waals surface area contributed by atoms with Gasteiger partial charge >= 0.3 is 0 Å². The summed E-state index contributed by atoms with van der Waals surface area (Å²) in [6, 6.07) is 21.4. The zero-order valence-electron chi connectivity index (χ0n) is 20.3. The molecule has 5 heteroatoms. The number of ketones is 1. The zero-order valence-corrected chi connectivity index (χ0v) is 21.3. The summed E-state index contributed by atoms with van der Waals surface area (Å²) >= 11 is 0. The number of hydrogen-bond donors (Lipinski definition) is 0. The number of carbonyl (C=O) groups is 1. The highest BCUT2D eigenvalue weighted by Crippen LogP contribution is 2.45. The van der Waals surface area contributed by atoms with Crippen molar-refractivity contribution >= 4 is 24.5 Å². The van der Waals surface area contributed by atoms with Gasteiger partial charge in [0.25, 0.3) is 8.32 Å². The molecule has 4 rings (SSSR count). The van der Waals surface area contributed by atoms with Crippen LogP contribution in [0.5, 0.6) is 0 Å². The fourth-order valence-electron chi connectivity index (χ4n) is 5.67. The molecule has 1 fully saturated rings. The lowest BCUT2D eigenvalue weighted by molar-refractivity contribution is -0.115. The summed E-state index contributed by atoms with van der Waals surface area (Å²) in [5, 5.41) is 2.47. The zero-order chi connectivity index (χ0) is 23.5. The summed E-state index contributed by atoms with van der Waals surface area (Å²) in [7, 11) is -0.938. The van der Waals surface area contributed by atoms with Crippen LogP contribution in [0, 0.1) is 11.8 Å². The Labute approximate surface area is 199 Å². The van der Waals surface area contributed by atoms with E-state index < -0.39 is 8.32 Å². The molecule has 3 atom stereocenters. The lowest BCUT2D eigenvalue weighted by Crippen LogP contribution is -2.67. The molecule has 0 aliphatic heterocycles. The quantitative estimate of drug-likeness (QED) is 0.414. The molecule has 0 amide bonds. The van der Waals surface area contributed by atoms with E-state index in [0.29, 0.717) is 26.2 Å². The van der Waals surface area contributed by atoms with Crippen LogP contribution >= 0.6 is 0 Å². The Balaban J connectivity index is 1.69. The summed E-state index contributed by atoms with van der Waals surface area (Å²) < 4.78 is 18.7. The van der Waals surface area contributed by atoms with Crippen molar-refractivity contribution < 1.29 is 18.7 Å². The van der Waals surface area contributed by atoms with Gasteiger partial charge in [-0.25, -0.2) is 0 Å². The first kappa shape index (κ1) is 24.1. The van der Waals surface area contributed by atoms with Crippen molar-refractivity contribution in [3.05, 3.63) is 72.3 Å². The molecule has 0 aromatic heterocycles. The SMILES string of the molecule is COCCO[C@@H]1CC2=CC(=O)C[C@@H]2[C@H]1CO[Si](c1ccccc1)(c1ccccc1)C(C)(C)C. The second kappa shape index (κ2) is 10.1. The first-order chi connectivity index (χ1) is 15.9. The van der Waals surface area contributed by atoms with E-state index in [4.69, 9.17) is 13.9 Å². The molecular weight excluding hydrogens is 428 g/mol. The van der Waals surface area contributed by atoms with Gasteiger partial charge in [0.05, 0.1) is 19.3 Å². The second-order valence-electron chi connectivity index (χ2n) is 10.2. The molecule has 176 valence electrons. The first-order valence-electron chi connectivity index (χ1n) is 12.0. The number of carbonyl (C=O) groups excluding carboxylic acids is 1. The molecule has 0 saturated heterocycles. The van der Waals surface area contributed by atoms with E-state index in [-0.39, 0.29) is 28.8 Å². The molecule has 2 aromatic carbocycles. The third-order valence-electron chi connectivity index (χ3n) is 7.20. The van der Waals surface area contributed by atoms with Gasteiger partial charge in [0.1, 0.15) is 0 Å². The summed E-state index contributed by atoms with van der Waals surface area (Å²) in [5.74, 6) is 0.630. The van der Waals surface area contributed by atoms with Gasteiger partial charge in [-0.3, -0.25) is 4.79 Å². The van der Waals surface area contributed by atoms with E-state index in [1.807, 2.05) is 6.08 Å². The maximum Gasteiger partial charge on any atom is 0.261 e. The Morgan fingerprint density at radius 1 is 0.909 bits per heavy atom. The van der Waals surface area contributed by atoms with Crippen LogP contribution in [-0.4, -0.2) is 47.1 Å². The van der Waals surface area contributed by atoms with E-state index in [2.05, 4.69) is 81.4 Å². The fraction of sp³-hybridized carbons (Fsp3) is 0.464. The van der Waals surface area contributed by atoms with E-state index in [9.17, 15) is 4.79 Å². The van der Waals surface area contributed by atoms with Crippen LogP contribution < -0.4 is 10.4 Å². The molecule has 33 heavy (non-hydrogen) atoms. The molecule has 4 nitrogen and oxygen atoms in total. The van der Waals surface area contributed by atoms with Crippen molar-refractivity contribution in [2.75, 3.05) is 26.9 Å². The van der Waals surface area contributed by atoms with E-state index in [0.717, 1.165) is 6.42 Å². The number of hydrogen-bond acceptors (Lipinski definition) is 4. The summed E-state index contributed by atoms with van der Waals surface area (Å²) in [6.07, 6.45) is 3.30. The third kappa shape index (κ3) is 4.78. The van der Waals surface area contributed by atoms with Gasteiger partial charge in [-0.1, -0.05) is 87.0 Å². The lowest BCUT2D eigenvalue weighted by Gasteiger charge is -2.44. The molecule has 0 bridgehead atoms. The topological polar surface area (TPSA) is 44.8 Å². The molecular formula is C28H36O4Si. The third-order valence-corrected chi connectivity index (χ3v) is 12.2. The average Bonchev–Trinajstić information content (AvgIpc) is 3.31. The minimum atomic E-state index is -2.63. The van der Waals surface area contributed by atoms with E-state index in [1.165, 1.54) is 15.9 Å². The molecule has 0 spiro atoms. The minimum Gasteiger partial charge on any atom is -0.407 e. The first-order valence-corrected chi connectivity index (χ1v) is 13.9. The highest BCUT2D eigenvalue weighted by Gasteiger charge is 2.52. The molecule has 2 aliphatic rings. The Morgan fingerprint density at radius 2 is 1.52 bits per heavy atom. The highest BCUT2D eigenvalue weighted by molar-refractivity contribution is 6.99. The van der Waals surface area contributed by atoms with Gasteiger partial charge in [-0.15, -0.1) is 0 Å². The van der Waals surface area contributed by atoms with E-state index in [1.54, 1.807) is 7.11 Å². The normalized spacial score (nSPS) is 23.0. The molecule has 0 unspecified atom stereocenters. The van der Waals surface area contributed by atoms with Gasteiger partial charge in [-0.05, 0) is 33.8 Å². The van der Waals surface area contributed by atoms with Crippen LogP contribution in [0.15, 0.2) is 72.3 Å². The Kier molecular flexibility index (Phi) is 7.34. The Hall–Kier alpha value is -2.05. The molecule has 0 N–H and O–H groups in total. The molecule has 2 aromatic rings. The minimum absolute atomic E-state index is 0.0581. The van der Waals surface area contributed by atoms with Crippen molar-refractivity contribution in [3.63, 3.8) is 0 Å². The number of benzene rings is 2. The van der Waals surface area contributed by atoms with Gasteiger partial charge < -0.3 is 13.9 Å². The average molecular weight is 465 g/mol. The van der Waals surface area contributed by atoms with Crippen LogP contribution in [0.25, 0.3) is 0 Å². The number of methoxy groups -OCH3 is 1. The van der Waals surface area contributed by atoms with Crippen LogP contribution in [0.4, 0.5) is 0 Å². The van der Waals surface area contributed by atoms with Gasteiger partial charge in [0.15, 0.2) is 5.78 Å². The molecule has 0 radical (unpaired) electrons. The van der Waals surface area contributed by atoms with Crippen LogP contribution in [0.3, 0.4) is 0 Å². The monoisotopic (exact) mass is 464 g/mol. The van der Waals surface area contributed by atoms with Crippen LogP contribution in [0.2, 0.25) is 5.04 Å². The predicted molar refractivity (Wildman–Crippen MR) is 134 cm³/mol. The van der Waals surface area contributed by atoms with Crippen molar-refractivity contribution in [1.29, 1.82) is 0 Å². The largest absolute Gasteiger partial charge is 0.407 e. The maximum absolute atomic E-state index is 12.2. The van der Waals surface area contributed by atoms with Gasteiger partial charge in [0, 0.05) is 26.1 Å². The van der Waals surface area contributed by atoms with E-state index >= 15 is 0 Å². The van der Waals surface area contributed by atoms with Crippen LogP contribution in [-0.2, 0) is 18.7 Å². The molecule has 2 aliphatic carbocycles. The Bertz CT molecular complexity index is 925. The van der Waals surface area contributed by atoms with Gasteiger partial charge in [-0.2, -0.15) is 0 Å². The smallest absolute Gasteiger partial charge is 0.261 e. The Morgan fingerprint density at radius 3 is 2.06 bits per heavy atom. The van der Waals surface area contributed by atoms with Crippen molar-refractivity contribution in [2.45, 2.75) is 44.8 Å². The van der Waals surface area contributed by atoms with Crippen molar-refractivity contribution in [2.24, 2.45) is 11.8 Å². The molecule has 1 saturated carbocycles.